The Morgan fingerprint density at radius 3 is 1.76 bits per heavy atom. The summed E-state index contributed by atoms with van der Waals surface area (Å²) < 4.78 is 46.0. The number of hydrogen-bond donors (Lipinski definition) is 4. The monoisotopic (exact) mass is 512 g/mol. The molecule has 34 heavy (non-hydrogen) atoms. The molecule has 1 unspecified atom stereocenters. The summed E-state index contributed by atoms with van der Waals surface area (Å²) in [5.74, 6) is 0.282. The molecule has 0 bridgehead atoms. The van der Waals surface area contributed by atoms with E-state index in [0.717, 1.165) is 25.7 Å². The summed E-state index contributed by atoms with van der Waals surface area (Å²) in [4.78, 5) is 0. The highest BCUT2D eigenvalue weighted by Crippen LogP contribution is 2.25. The maximum atomic E-state index is 10.8. The normalized spacial score (nSPS) is 26.6. The number of aliphatic hydroxyl groups excluding tert-OH is 3. The van der Waals surface area contributed by atoms with Crippen LogP contribution in [0.5, 0.6) is 0 Å². The average Bonchev–Trinajstić information content (AvgIpc) is 2.79. The molecule has 0 aromatic rings. The number of hydrogen-bond acceptors (Lipinski definition) is 8. The molecular formula is C24H48O9S. The first-order valence-electron chi connectivity index (χ1n) is 13.1. The van der Waals surface area contributed by atoms with Crippen molar-refractivity contribution in [3.8, 4) is 0 Å². The molecule has 204 valence electrons. The molecule has 0 aromatic carbocycles. The smallest absolute Gasteiger partial charge is 0.387 e. The van der Waals surface area contributed by atoms with Crippen molar-refractivity contribution >= 4 is 10.4 Å². The van der Waals surface area contributed by atoms with Crippen LogP contribution >= 0.6 is 0 Å². The zero-order valence-electron chi connectivity index (χ0n) is 21.0. The summed E-state index contributed by atoms with van der Waals surface area (Å²) in [5, 5.41) is 30.5. The molecular weight excluding hydrogens is 464 g/mol. The van der Waals surface area contributed by atoms with Crippen LogP contribution in [0.3, 0.4) is 0 Å². The van der Waals surface area contributed by atoms with Crippen LogP contribution in [0.1, 0.15) is 104 Å². The van der Waals surface area contributed by atoms with Crippen LogP contribution in [-0.4, -0.2) is 72.2 Å². The van der Waals surface area contributed by atoms with Gasteiger partial charge in [-0.15, -0.1) is 0 Å². The summed E-state index contributed by atoms with van der Waals surface area (Å²) in [6.07, 6.45) is 9.34. The van der Waals surface area contributed by atoms with Crippen LogP contribution in [0.15, 0.2) is 0 Å². The third kappa shape index (κ3) is 13.7. The first kappa shape index (κ1) is 31.7. The van der Waals surface area contributed by atoms with E-state index >= 15 is 0 Å². The van der Waals surface area contributed by atoms with Gasteiger partial charge in [0.25, 0.3) is 0 Å². The molecule has 0 amide bonds. The molecule has 0 aliphatic carbocycles. The molecule has 6 atom stereocenters. The fourth-order valence-electron chi connectivity index (χ4n) is 4.31. The first-order valence-corrected chi connectivity index (χ1v) is 14.5. The molecule has 10 heteroatoms. The van der Waals surface area contributed by atoms with Crippen molar-refractivity contribution in [1.29, 1.82) is 0 Å². The molecule has 1 saturated heterocycles. The van der Waals surface area contributed by atoms with Crippen molar-refractivity contribution in [2.45, 2.75) is 134 Å². The van der Waals surface area contributed by atoms with Gasteiger partial charge in [0.15, 0.2) is 6.29 Å². The van der Waals surface area contributed by atoms with E-state index in [1.165, 1.54) is 64.2 Å². The zero-order chi connectivity index (χ0) is 25.4. The summed E-state index contributed by atoms with van der Waals surface area (Å²) in [7, 11) is -4.73. The minimum atomic E-state index is -4.73. The fourth-order valence-corrected chi connectivity index (χ4v) is 4.62. The molecule has 0 radical (unpaired) electrons. The summed E-state index contributed by atoms with van der Waals surface area (Å²) >= 11 is 0. The Labute approximate surface area is 206 Å². The van der Waals surface area contributed by atoms with Crippen LogP contribution in [0, 0.1) is 5.92 Å². The zero-order valence-corrected chi connectivity index (χ0v) is 21.8. The lowest BCUT2D eigenvalue weighted by Gasteiger charge is -2.40. The highest BCUT2D eigenvalue weighted by Gasteiger charge is 2.45. The van der Waals surface area contributed by atoms with Crippen LogP contribution in [0.4, 0.5) is 0 Å². The van der Waals surface area contributed by atoms with E-state index in [1.54, 1.807) is 0 Å². The van der Waals surface area contributed by atoms with E-state index in [-0.39, 0.29) is 5.92 Å². The van der Waals surface area contributed by atoms with Gasteiger partial charge in [-0.1, -0.05) is 90.9 Å². The van der Waals surface area contributed by atoms with E-state index in [9.17, 15) is 23.7 Å². The van der Waals surface area contributed by atoms with Gasteiger partial charge in [-0.3, -0.25) is 4.55 Å². The second-order valence-corrected chi connectivity index (χ2v) is 10.6. The van der Waals surface area contributed by atoms with Crippen molar-refractivity contribution in [3.63, 3.8) is 0 Å². The molecule has 1 aliphatic rings. The standard InChI is InChI=1S/C24H48O9S/c1-3-5-7-9-10-12-14-16-19(15-13-11-8-6-4-2)17-31-24-23(27)22(26)21(25)20(33-24)18-32-34(28,29)30/h19-27H,3-18H2,1-2H3,(H,28,29,30)/t19?,20-,21-,22+,23-,24+/m1/s1. The van der Waals surface area contributed by atoms with Crippen LogP contribution in [0.25, 0.3) is 0 Å². The minimum Gasteiger partial charge on any atom is -0.387 e. The quantitative estimate of drug-likeness (QED) is 0.142. The molecule has 1 heterocycles. The SMILES string of the molecule is CCCCCCCCCC(CCCCCCC)CO[C@H]1O[C@H](COS(=O)(=O)O)[C@@H](O)[C@H](O)[C@H]1O. The van der Waals surface area contributed by atoms with Gasteiger partial charge in [0, 0.05) is 0 Å². The lowest BCUT2D eigenvalue weighted by molar-refractivity contribution is -0.302. The first-order chi connectivity index (χ1) is 16.2. The van der Waals surface area contributed by atoms with Crippen molar-refractivity contribution in [1.82, 2.24) is 0 Å². The van der Waals surface area contributed by atoms with Crippen molar-refractivity contribution in [2.75, 3.05) is 13.2 Å². The maximum absolute atomic E-state index is 10.8. The van der Waals surface area contributed by atoms with Gasteiger partial charge in [0.2, 0.25) is 0 Å². The second-order valence-electron chi connectivity index (χ2n) is 9.54. The van der Waals surface area contributed by atoms with E-state index in [4.69, 9.17) is 14.0 Å². The van der Waals surface area contributed by atoms with E-state index in [1.807, 2.05) is 0 Å². The predicted octanol–water partition coefficient (Wildman–Crippen LogP) is 3.75. The van der Waals surface area contributed by atoms with Gasteiger partial charge < -0.3 is 24.8 Å². The number of rotatable bonds is 20. The van der Waals surface area contributed by atoms with E-state index in [0.29, 0.717) is 6.61 Å². The summed E-state index contributed by atoms with van der Waals surface area (Å²) in [5.41, 5.74) is 0. The van der Waals surface area contributed by atoms with Crippen LogP contribution in [0.2, 0.25) is 0 Å². The highest BCUT2D eigenvalue weighted by molar-refractivity contribution is 7.80. The maximum Gasteiger partial charge on any atom is 0.397 e. The van der Waals surface area contributed by atoms with Gasteiger partial charge in [-0.25, -0.2) is 4.18 Å². The van der Waals surface area contributed by atoms with Crippen molar-refractivity contribution in [2.24, 2.45) is 5.92 Å². The highest BCUT2D eigenvalue weighted by atomic mass is 32.3. The van der Waals surface area contributed by atoms with Crippen LogP contribution in [-0.2, 0) is 24.1 Å². The Morgan fingerprint density at radius 1 is 0.765 bits per heavy atom. The van der Waals surface area contributed by atoms with Crippen LogP contribution < -0.4 is 0 Å². The van der Waals surface area contributed by atoms with Gasteiger partial charge in [0.05, 0.1) is 13.2 Å². The largest absolute Gasteiger partial charge is 0.397 e. The molecule has 0 saturated carbocycles. The topological polar surface area (TPSA) is 143 Å². The van der Waals surface area contributed by atoms with Gasteiger partial charge in [-0.05, 0) is 18.8 Å². The molecule has 1 fully saturated rings. The third-order valence-corrected chi connectivity index (χ3v) is 6.91. The Morgan fingerprint density at radius 2 is 1.26 bits per heavy atom. The molecule has 1 rings (SSSR count). The Hall–Kier alpha value is -0.330. The Balaban J connectivity index is 2.56. The van der Waals surface area contributed by atoms with E-state index < -0.39 is 47.7 Å². The lowest BCUT2D eigenvalue weighted by atomic mass is 9.94. The number of unbranched alkanes of at least 4 members (excludes halogenated alkanes) is 10. The predicted molar refractivity (Wildman–Crippen MR) is 130 cm³/mol. The fraction of sp³-hybridized carbons (Fsp3) is 1.00. The van der Waals surface area contributed by atoms with Gasteiger partial charge in [0.1, 0.15) is 24.4 Å². The third-order valence-electron chi connectivity index (χ3n) is 6.48. The Kier molecular flexibility index (Phi) is 16.8. The minimum absolute atomic E-state index is 0.282. The summed E-state index contributed by atoms with van der Waals surface area (Å²) in [6, 6.07) is 0. The Bertz CT molecular complexity index is 601. The molecule has 0 spiro atoms. The van der Waals surface area contributed by atoms with Gasteiger partial charge >= 0.3 is 10.4 Å². The van der Waals surface area contributed by atoms with Gasteiger partial charge in [-0.2, -0.15) is 8.42 Å². The average molecular weight is 513 g/mol. The molecule has 4 N–H and O–H groups in total. The lowest BCUT2D eigenvalue weighted by Crippen LogP contribution is -2.59. The molecule has 1 aliphatic heterocycles. The summed E-state index contributed by atoms with van der Waals surface area (Å²) in [6.45, 7) is 4.02. The van der Waals surface area contributed by atoms with Crippen molar-refractivity contribution in [3.05, 3.63) is 0 Å². The van der Waals surface area contributed by atoms with E-state index in [2.05, 4.69) is 18.0 Å². The number of aliphatic hydroxyl groups is 3. The molecule has 9 nitrogen and oxygen atoms in total. The second kappa shape index (κ2) is 18.0. The molecule has 0 aromatic heterocycles. The van der Waals surface area contributed by atoms with Crippen molar-refractivity contribution < 1.29 is 41.9 Å². The number of ether oxygens (including phenoxy) is 2.